The molecule has 4 aliphatic rings. The molecule has 0 saturated carbocycles. The highest BCUT2D eigenvalue weighted by Crippen LogP contribution is 2.66. The van der Waals surface area contributed by atoms with Crippen LogP contribution in [0.3, 0.4) is 0 Å². The van der Waals surface area contributed by atoms with Gasteiger partial charge in [-0.1, -0.05) is 60.7 Å². The van der Waals surface area contributed by atoms with E-state index in [1.54, 1.807) is 26.4 Å². The zero-order chi connectivity index (χ0) is 24.3. The summed E-state index contributed by atoms with van der Waals surface area (Å²) >= 11 is 0. The number of benzene rings is 3. The summed E-state index contributed by atoms with van der Waals surface area (Å²) in [6.07, 6.45) is -0.766. The molecule has 1 heterocycles. The second-order valence-corrected chi connectivity index (χ2v) is 9.24. The molecule has 6 nitrogen and oxygen atoms in total. The smallest absolute Gasteiger partial charge is 0.239 e. The van der Waals surface area contributed by atoms with Crippen molar-refractivity contribution in [3.8, 4) is 5.75 Å². The average Bonchev–Trinajstić information content (AvgIpc) is 3.16. The van der Waals surface area contributed by atoms with Crippen LogP contribution in [-0.4, -0.2) is 38.9 Å². The molecule has 2 atom stereocenters. The maximum atomic E-state index is 14.4. The molecule has 3 aliphatic carbocycles. The van der Waals surface area contributed by atoms with Gasteiger partial charge in [0.05, 0.1) is 29.5 Å². The van der Waals surface area contributed by atoms with Gasteiger partial charge >= 0.3 is 0 Å². The van der Waals surface area contributed by atoms with Crippen molar-refractivity contribution in [2.24, 2.45) is 11.8 Å². The fraction of sp³-hybridized carbons (Fsp3) is 0.310. The number of amides is 2. The SMILES string of the molecule is CCOc1ccccc1N1C(=O)[C@@H]2C3c4ccccc4C(C(OC)OC)(c4ccccc43)[C@@H]2C1=O. The molecule has 178 valence electrons. The van der Waals surface area contributed by atoms with Gasteiger partial charge in [0.1, 0.15) is 5.75 Å². The number of nitrogens with zero attached hydrogens (tertiary/aromatic N) is 1. The van der Waals surface area contributed by atoms with Gasteiger partial charge in [0.15, 0.2) is 6.29 Å². The van der Waals surface area contributed by atoms with Crippen molar-refractivity contribution in [3.63, 3.8) is 0 Å². The van der Waals surface area contributed by atoms with Crippen LogP contribution in [0.5, 0.6) is 5.75 Å². The minimum Gasteiger partial charge on any atom is -0.492 e. The topological polar surface area (TPSA) is 65.1 Å². The number of anilines is 1. The highest BCUT2D eigenvalue weighted by Gasteiger charge is 2.71. The van der Waals surface area contributed by atoms with Crippen molar-refractivity contribution < 1.29 is 23.8 Å². The lowest BCUT2D eigenvalue weighted by atomic mass is 9.47. The first-order valence-electron chi connectivity index (χ1n) is 11.9. The molecule has 35 heavy (non-hydrogen) atoms. The molecule has 1 fully saturated rings. The number of carbonyl (C=O) groups is 2. The number of methoxy groups -OCH3 is 2. The predicted molar refractivity (Wildman–Crippen MR) is 130 cm³/mol. The third-order valence-electron chi connectivity index (χ3n) is 7.89. The molecule has 1 aliphatic heterocycles. The van der Waals surface area contributed by atoms with E-state index >= 15 is 0 Å². The van der Waals surface area contributed by atoms with Gasteiger partial charge in [0.25, 0.3) is 0 Å². The Labute approximate surface area is 204 Å². The number of imide groups is 1. The van der Waals surface area contributed by atoms with E-state index in [-0.39, 0.29) is 17.7 Å². The fourth-order valence-corrected chi connectivity index (χ4v) is 6.86. The molecular formula is C29H27NO5. The average molecular weight is 470 g/mol. The molecule has 6 heteroatoms. The van der Waals surface area contributed by atoms with E-state index in [2.05, 4.69) is 12.1 Å². The van der Waals surface area contributed by atoms with Gasteiger partial charge in [-0.15, -0.1) is 0 Å². The summed E-state index contributed by atoms with van der Waals surface area (Å²) in [5.41, 5.74) is 3.57. The Morgan fingerprint density at radius 2 is 1.40 bits per heavy atom. The van der Waals surface area contributed by atoms with Crippen molar-refractivity contribution in [1.82, 2.24) is 0 Å². The molecule has 3 aromatic rings. The number of rotatable bonds is 6. The Bertz CT molecular complexity index is 1280. The minimum atomic E-state index is -0.974. The van der Waals surface area contributed by atoms with Crippen LogP contribution >= 0.6 is 0 Å². The molecule has 3 aromatic carbocycles. The van der Waals surface area contributed by atoms with Gasteiger partial charge in [0.2, 0.25) is 11.8 Å². The van der Waals surface area contributed by atoms with Crippen LogP contribution in [0.4, 0.5) is 5.69 Å². The van der Waals surface area contributed by atoms with Crippen LogP contribution in [0, 0.1) is 11.8 Å². The third kappa shape index (κ3) is 2.66. The van der Waals surface area contributed by atoms with Gasteiger partial charge in [-0.2, -0.15) is 0 Å². The quantitative estimate of drug-likeness (QED) is 0.399. The zero-order valence-corrected chi connectivity index (χ0v) is 19.9. The van der Waals surface area contributed by atoms with Crippen molar-refractivity contribution >= 4 is 17.5 Å². The second kappa shape index (κ2) is 8.04. The van der Waals surface area contributed by atoms with E-state index in [4.69, 9.17) is 14.2 Å². The van der Waals surface area contributed by atoms with E-state index in [1.165, 1.54) is 4.90 Å². The molecular weight excluding hydrogens is 442 g/mol. The van der Waals surface area contributed by atoms with Crippen LogP contribution in [0.1, 0.15) is 35.1 Å². The van der Waals surface area contributed by atoms with Gasteiger partial charge in [-0.25, -0.2) is 4.90 Å². The normalized spacial score (nSPS) is 26.1. The van der Waals surface area contributed by atoms with Crippen molar-refractivity contribution in [1.29, 1.82) is 0 Å². The van der Waals surface area contributed by atoms with Crippen molar-refractivity contribution in [2.75, 3.05) is 25.7 Å². The molecule has 0 aromatic heterocycles. The van der Waals surface area contributed by atoms with E-state index in [1.807, 2.05) is 55.5 Å². The Morgan fingerprint density at radius 1 is 0.829 bits per heavy atom. The van der Waals surface area contributed by atoms with Crippen LogP contribution in [0.15, 0.2) is 72.8 Å². The lowest BCUT2D eigenvalue weighted by molar-refractivity contribution is -0.168. The number of hydrogen-bond acceptors (Lipinski definition) is 5. The van der Waals surface area contributed by atoms with Gasteiger partial charge in [0, 0.05) is 20.1 Å². The lowest BCUT2D eigenvalue weighted by Gasteiger charge is -2.56. The monoisotopic (exact) mass is 469 g/mol. The van der Waals surface area contributed by atoms with E-state index in [0.29, 0.717) is 18.0 Å². The van der Waals surface area contributed by atoms with E-state index < -0.39 is 23.5 Å². The first-order chi connectivity index (χ1) is 17.1. The lowest BCUT2D eigenvalue weighted by Crippen LogP contribution is -2.60. The summed E-state index contributed by atoms with van der Waals surface area (Å²) < 4.78 is 17.7. The van der Waals surface area contributed by atoms with Crippen LogP contribution in [0.2, 0.25) is 0 Å². The van der Waals surface area contributed by atoms with E-state index in [9.17, 15) is 9.59 Å². The standard InChI is InChI=1S/C29H27NO5/c1-4-35-22-16-10-9-15-21(22)30-26(31)24-23-17-11-5-7-13-19(17)29(25(24)27(30)32,28(33-2)34-3)20-14-8-6-12-18(20)23/h5-16,23-25,28H,4H2,1-3H3/t23?,24-,25+,29?/m1/s1. The number of ether oxygens (including phenoxy) is 3. The summed E-state index contributed by atoms with van der Waals surface area (Å²) in [6, 6.07) is 23.4. The zero-order valence-electron chi connectivity index (χ0n) is 19.9. The van der Waals surface area contributed by atoms with E-state index in [0.717, 1.165) is 22.3 Å². The van der Waals surface area contributed by atoms with Crippen LogP contribution in [-0.2, 0) is 24.5 Å². The highest BCUT2D eigenvalue weighted by atomic mass is 16.7. The Morgan fingerprint density at radius 3 is 2.00 bits per heavy atom. The van der Waals surface area contributed by atoms with Gasteiger partial charge < -0.3 is 14.2 Å². The Kier molecular flexibility index (Phi) is 5.06. The first-order valence-corrected chi connectivity index (χ1v) is 11.9. The summed E-state index contributed by atoms with van der Waals surface area (Å²) in [5, 5.41) is 0. The molecule has 7 rings (SSSR count). The van der Waals surface area contributed by atoms with Crippen LogP contribution in [0.25, 0.3) is 0 Å². The molecule has 0 N–H and O–H groups in total. The Balaban J connectivity index is 1.65. The summed E-state index contributed by atoms with van der Waals surface area (Å²) in [6.45, 7) is 2.31. The molecule has 2 bridgehead atoms. The summed E-state index contributed by atoms with van der Waals surface area (Å²) in [5.74, 6) is -1.43. The summed E-state index contributed by atoms with van der Waals surface area (Å²) in [7, 11) is 3.18. The molecule has 0 radical (unpaired) electrons. The first kappa shape index (κ1) is 22.0. The Hall–Kier alpha value is -3.48. The maximum absolute atomic E-state index is 14.4. The van der Waals surface area contributed by atoms with Gasteiger partial charge in [-0.05, 0) is 41.3 Å². The molecule has 0 unspecified atom stereocenters. The van der Waals surface area contributed by atoms with Crippen molar-refractivity contribution in [3.05, 3.63) is 95.1 Å². The van der Waals surface area contributed by atoms with Crippen LogP contribution < -0.4 is 9.64 Å². The van der Waals surface area contributed by atoms with Gasteiger partial charge in [-0.3, -0.25) is 9.59 Å². The molecule has 1 saturated heterocycles. The molecule has 2 amide bonds. The molecule has 0 spiro atoms. The largest absolute Gasteiger partial charge is 0.492 e. The van der Waals surface area contributed by atoms with Crippen molar-refractivity contribution in [2.45, 2.75) is 24.5 Å². The maximum Gasteiger partial charge on any atom is 0.239 e. The third-order valence-corrected chi connectivity index (χ3v) is 7.89. The highest BCUT2D eigenvalue weighted by molar-refractivity contribution is 6.24. The number of hydrogen-bond donors (Lipinski definition) is 0. The second-order valence-electron chi connectivity index (χ2n) is 9.24. The number of carbonyl (C=O) groups excluding carboxylic acids is 2. The summed E-state index contributed by atoms with van der Waals surface area (Å²) in [4.78, 5) is 30.0. The predicted octanol–water partition coefficient (Wildman–Crippen LogP) is 4.26. The minimum absolute atomic E-state index is 0.212. The number of para-hydroxylation sites is 2. The fourth-order valence-electron chi connectivity index (χ4n) is 6.86.